The van der Waals surface area contributed by atoms with Crippen LogP contribution in [0, 0.1) is 11.8 Å². The molecule has 0 aromatic rings. The van der Waals surface area contributed by atoms with Crippen LogP contribution in [0.1, 0.15) is 19.3 Å². The number of nitrogens with one attached hydrogen (secondary N) is 2. The zero-order chi connectivity index (χ0) is 9.10. The Bertz CT molecular complexity index is 157. The van der Waals surface area contributed by atoms with E-state index in [0.29, 0.717) is 11.8 Å². The Morgan fingerprint density at radius 2 is 1.85 bits per heavy atom. The molecule has 2 rings (SSSR count). The van der Waals surface area contributed by atoms with Gasteiger partial charge in [0, 0.05) is 12.5 Å². The molecular weight excluding hydrogens is 164 g/mol. The maximum absolute atomic E-state index is 9.85. The highest BCUT2D eigenvalue weighted by Crippen LogP contribution is 2.25. The highest BCUT2D eigenvalue weighted by molar-refractivity contribution is 4.85. The largest absolute Gasteiger partial charge is 0.393 e. The third-order valence-electron chi connectivity index (χ3n) is 3.43. The van der Waals surface area contributed by atoms with Crippen molar-refractivity contribution in [1.29, 1.82) is 0 Å². The zero-order valence-electron chi connectivity index (χ0n) is 8.13. The Hall–Kier alpha value is -0.120. The first-order chi connectivity index (χ1) is 6.38. The number of rotatable bonds is 1. The van der Waals surface area contributed by atoms with Crippen molar-refractivity contribution in [2.45, 2.75) is 25.4 Å². The van der Waals surface area contributed by atoms with Crippen molar-refractivity contribution in [3.63, 3.8) is 0 Å². The molecule has 0 saturated carbocycles. The van der Waals surface area contributed by atoms with E-state index in [1.807, 2.05) is 0 Å². The van der Waals surface area contributed by atoms with Crippen LogP contribution in [-0.4, -0.2) is 37.4 Å². The second-order valence-electron chi connectivity index (χ2n) is 4.33. The van der Waals surface area contributed by atoms with Gasteiger partial charge in [0.1, 0.15) is 0 Å². The standard InChI is InChI=1S/C10H20N2O/c13-10-3-5-12-7-9(10)8-2-1-4-11-6-8/h8-13H,1-7H2. The number of aliphatic hydroxyl groups is 1. The molecular formula is C10H20N2O. The van der Waals surface area contributed by atoms with Crippen LogP contribution in [0.4, 0.5) is 0 Å². The van der Waals surface area contributed by atoms with E-state index in [1.54, 1.807) is 0 Å². The molecule has 3 heteroatoms. The monoisotopic (exact) mass is 184 g/mol. The van der Waals surface area contributed by atoms with Gasteiger partial charge in [-0.3, -0.25) is 0 Å². The van der Waals surface area contributed by atoms with Gasteiger partial charge in [0.15, 0.2) is 0 Å². The highest BCUT2D eigenvalue weighted by atomic mass is 16.3. The van der Waals surface area contributed by atoms with Crippen molar-refractivity contribution in [3.8, 4) is 0 Å². The minimum atomic E-state index is -0.0638. The predicted octanol–water partition coefficient (Wildman–Crippen LogP) is -0.0436. The van der Waals surface area contributed by atoms with Gasteiger partial charge in [-0.25, -0.2) is 0 Å². The first-order valence-electron chi connectivity index (χ1n) is 5.47. The lowest BCUT2D eigenvalue weighted by atomic mass is 9.80. The summed E-state index contributed by atoms with van der Waals surface area (Å²) in [5.41, 5.74) is 0. The summed E-state index contributed by atoms with van der Waals surface area (Å²) in [5, 5.41) is 16.6. The van der Waals surface area contributed by atoms with Gasteiger partial charge >= 0.3 is 0 Å². The van der Waals surface area contributed by atoms with Crippen LogP contribution in [0.3, 0.4) is 0 Å². The van der Waals surface area contributed by atoms with E-state index in [9.17, 15) is 5.11 Å². The molecule has 2 aliphatic heterocycles. The fraction of sp³-hybridized carbons (Fsp3) is 1.00. The molecule has 3 nitrogen and oxygen atoms in total. The summed E-state index contributed by atoms with van der Waals surface area (Å²) in [5.74, 6) is 1.18. The normalized spacial score (nSPS) is 41.8. The molecule has 2 saturated heterocycles. The molecule has 3 N–H and O–H groups in total. The van der Waals surface area contributed by atoms with Crippen LogP contribution in [0.2, 0.25) is 0 Å². The average molecular weight is 184 g/mol. The molecule has 0 radical (unpaired) electrons. The van der Waals surface area contributed by atoms with Crippen LogP contribution in [0.25, 0.3) is 0 Å². The van der Waals surface area contributed by atoms with Gasteiger partial charge in [-0.15, -0.1) is 0 Å². The van der Waals surface area contributed by atoms with Crippen molar-refractivity contribution in [2.24, 2.45) is 11.8 Å². The minimum absolute atomic E-state index is 0.0638. The van der Waals surface area contributed by atoms with Gasteiger partial charge in [0.05, 0.1) is 6.10 Å². The first-order valence-corrected chi connectivity index (χ1v) is 5.47. The number of piperidine rings is 2. The predicted molar refractivity (Wildman–Crippen MR) is 52.6 cm³/mol. The van der Waals surface area contributed by atoms with E-state index in [4.69, 9.17) is 0 Å². The number of aliphatic hydroxyl groups excluding tert-OH is 1. The molecule has 3 atom stereocenters. The SMILES string of the molecule is OC1CCNCC1C1CCCNC1. The van der Waals surface area contributed by atoms with Gasteiger partial charge in [-0.1, -0.05) is 0 Å². The molecule has 76 valence electrons. The van der Waals surface area contributed by atoms with E-state index >= 15 is 0 Å². The summed E-state index contributed by atoms with van der Waals surface area (Å²) in [6, 6.07) is 0. The van der Waals surface area contributed by atoms with Crippen LogP contribution in [0.15, 0.2) is 0 Å². The molecule has 2 aliphatic rings. The summed E-state index contributed by atoms with van der Waals surface area (Å²) in [6.45, 7) is 4.25. The lowest BCUT2D eigenvalue weighted by molar-refractivity contribution is 0.0389. The van der Waals surface area contributed by atoms with Gasteiger partial charge in [0.2, 0.25) is 0 Å². The molecule has 3 unspecified atom stereocenters. The molecule has 13 heavy (non-hydrogen) atoms. The quantitative estimate of drug-likeness (QED) is 0.535. The fourth-order valence-corrected chi connectivity index (χ4v) is 2.59. The third-order valence-corrected chi connectivity index (χ3v) is 3.43. The van der Waals surface area contributed by atoms with Crippen molar-refractivity contribution in [2.75, 3.05) is 26.2 Å². The first kappa shape index (κ1) is 9.44. The van der Waals surface area contributed by atoms with E-state index < -0.39 is 0 Å². The lowest BCUT2D eigenvalue weighted by Gasteiger charge is -2.36. The summed E-state index contributed by atoms with van der Waals surface area (Å²) in [6.07, 6.45) is 3.43. The number of hydrogen-bond acceptors (Lipinski definition) is 3. The smallest absolute Gasteiger partial charge is 0.0595 e. The Morgan fingerprint density at radius 1 is 1.00 bits per heavy atom. The summed E-state index contributed by atoms with van der Waals surface area (Å²) in [7, 11) is 0. The maximum atomic E-state index is 9.85. The number of hydrogen-bond donors (Lipinski definition) is 3. The van der Waals surface area contributed by atoms with E-state index in [0.717, 1.165) is 32.6 Å². The van der Waals surface area contributed by atoms with Gasteiger partial charge in [0.25, 0.3) is 0 Å². The van der Waals surface area contributed by atoms with Crippen LogP contribution < -0.4 is 10.6 Å². The van der Waals surface area contributed by atoms with E-state index in [2.05, 4.69) is 10.6 Å². The van der Waals surface area contributed by atoms with Crippen LogP contribution >= 0.6 is 0 Å². The molecule has 0 spiro atoms. The molecule has 2 heterocycles. The van der Waals surface area contributed by atoms with Gasteiger partial charge in [-0.05, 0) is 44.8 Å². The topological polar surface area (TPSA) is 44.3 Å². The zero-order valence-corrected chi connectivity index (χ0v) is 8.13. The Kier molecular flexibility index (Phi) is 3.19. The molecule has 0 aliphatic carbocycles. The van der Waals surface area contributed by atoms with Crippen molar-refractivity contribution in [1.82, 2.24) is 10.6 Å². The Balaban J connectivity index is 1.88. The summed E-state index contributed by atoms with van der Waals surface area (Å²) >= 11 is 0. The van der Waals surface area contributed by atoms with Crippen molar-refractivity contribution in [3.05, 3.63) is 0 Å². The maximum Gasteiger partial charge on any atom is 0.0595 e. The van der Waals surface area contributed by atoms with Gasteiger partial charge in [-0.2, -0.15) is 0 Å². The molecule has 0 bridgehead atoms. The molecule has 0 aromatic heterocycles. The van der Waals surface area contributed by atoms with Gasteiger partial charge < -0.3 is 15.7 Å². The van der Waals surface area contributed by atoms with Crippen molar-refractivity contribution >= 4 is 0 Å². The highest BCUT2D eigenvalue weighted by Gasteiger charge is 2.30. The summed E-state index contributed by atoms with van der Waals surface area (Å²) < 4.78 is 0. The van der Waals surface area contributed by atoms with E-state index in [-0.39, 0.29) is 6.10 Å². The van der Waals surface area contributed by atoms with Crippen LogP contribution in [-0.2, 0) is 0 Å². The average Bonchev–Trinajstić information content (AvgIpc) is 2.20. The Morgan fingerprint density at radius 3 is 2.54 bits per heavy atom. The second-order valence-corrected chi connectivity index (χ2v) is 4.33. The fourth-order valence-electron chi connectivity index (χ4n) is 2.59. The van der Waals surface area contributed by atoms with Crippen molar-refractivity contribution < 1.29 is 5.11 Å². The third kappa shape index (κ3) is 2.22. The molecule has 2 fully saturated rings. The molecule has 0 aromatic carbocycles. The minimum Gasteiger partial charge on any atom is -0.393 e. The Labute approximate surface area is 79.9 Å². The lowest BCUT2D eigenvalue weighted by Crippen LogP contribution is -2.47. The summed E-state index contributed by atoms with van der Waals surface area (Å²) in [4.78, 5) is 0. The van der Waals surface area contributed by atoms with E-state index in [1.165, 1.54) is 12.8 Å². The molecule has 0 amide bonds. The van der Waals surface area contributed by atoms with Crippen LogP contribution in [0.5, 0.6) is 0 Å². The second kappa shape index (κ2) is 4.40.